The van der Waals surface area contributed by atoms with Crippen LogP contribution in [0.3, 0.4) is 0 Å². The summed E-state index contributed by atoms with van der Waals surface area (Å²) in [7, 11) is 0. The molecule has 5 nitrogen and oxygen atoms in total. The molecule has 1 amide bonds. The lowest BCUT2D eigenvalue weighted by atomic mass is 9.91. The molecule has 1 unspecified atom stereocenters. The summed E-state index contributed by atoms with van der Waals surface area (Å²) in [5, 5.41) is 7.57. The first-order valence-electron chi connectivity index (χ1n) is 9.60. The quantitative estimate of drug-likeness (QED) is 0.728. The molecular weight excluding hydrogens is 326 g/mol. The Labute approximate surface area is 155 Å². The van der Waals surface area contributed by atoms with Gasteiger partial charge in [-0.25, -0.2) is 0 Å². The van der Waals surface area contributed by atoms with Gasteiger partial charge >= 0.3 is 0 Å². The van der Waals surface area contributed by atoms with Crippen LogP contribution < -0.4 is 10.5 Å². The molecule has 0 aromatic heterocycles. The van der Waals surface area contributed by atoms with Crippen molar-refractivity contribution in [1.29, 1.82) is 5.41 Å². The van der Waals surface area contributed by atoms with E-state index in [0.29, 0.717) is 18.0 Å². The molecule has 3 rings (SSSR count). The number of carbonyl (C=O) groups is 1. The summed E-state index contributed by atoms with van der Waals surface area (Å²) in [5.41, 5.74) is 8.38. The SMILES string of the molecule is CC[C@@H](C)Oc1ccc(C(=O)N(C2CC2)C2CCC(N)=C(C=N)C2)cc1. The number of rotatable bonds is 7. The van der Waals surface area contributed by atoms with Gasteiger partial charge in [0.1, 0.15) is 5.75 Å². The second-order valence-corrected chi connectivity index (χ2v) is 7.40. The molecule has 3 N–H and O–H groups in total. The molecule has 0 aliphatic heterocycles. The van der Waals surface area contributed by atoms with Gasteiger partial charge in [0, 0.05) is 29.6 Å². The second-order valence-electron chi connectivity index (χ2n) is 7.40. The Morgan fingerprint density at radius 1 is 1.31 bits per heavy atom. The highest BCUT2D eigenvalue weighted by Gasteiger charge is 2.39. The van der Waals surface area contributed by atoms with Crippen LogP contribution in [0.15, 0.2) is 35.5 Å². The van der Waals surface area contributed by atoms with E-state index in [2.05, 4.69) is 6.92 Å². The maximum Gasteiger partial charge on any atom is 0.254 e. The van der Waals surface area contributed by atoms with Gasteiger partial charge in [0.25, 0.3) is 5.91 Å². The first kappa shape index (κ1) is 18.5. The molecule has 5 heteroatoms. The van der Waals surface area contributed by atoms with E-state index >= 15 is 0 Å². The zero-order valence-corrected chi connectivity index (χ0v) is 15.7. The lowest BCUT2D eigenvalue weighted by Crippen LogP contribution is -2.44. The normalized spacial score (nSPS) is 21.2. The highest BCUT2D eigenvalue weighted by Crippen LogP contribution is 2.35. The fourth-order valence-corrected chi connectivity index (χ4v) is 3.48. The summed E-state index contributed by atoms with van der Waals surface area (Å²) in [6.07, 6.45) is 6.91. The van der Waals surface area contributed by atoms with Gasteiger partial charge in [0.05, 0.1) is 6.10 Å². The van der Waals surface area contributed by atoms with E-state index < -0.39 is 0 Å². The number of benzene rings is 1. The molecule has 2 aliphatic rings. The van der Waals surface area contributed by atoms with Gasteiger partial charge in [-0.1, -0.05) is 6.92 Å². The van der Waals surface area contributed by atoms with Gasteiger partial charge in [0.15, 0.2) is 0 Å². The number of nitrogens with two attached hydrogens (primary N) is 1. The lowest BCUT2D eigenvalue weighted by molar-refractivity contribution is 0.0644. The zero-order chi connectivity index (χ0) is 18.7. The van der Waals surface area contributed by atoms with Crippen molar-refractivity contribution >= 4 is 12.1 Å². The maximum absolute atomic E-state index is 13.2. The van der Waals surface area contributed by atoms with Crippen LogP contribution in [-0.4, -0.2) is 35.2 Å². The van der Waals surface area contributed by atoms with Gasteiger partial charge in [-0.15, -0.1) is 0 Å². The van der Waals surface area contributed by atoms with Crippen LogP contribution in [0.2, 0.25) is 0 Å². The molecule has 0 radical (unpaired) electrons. The number of hydrogen-bond donors (Lipinski definition) is 2. The van der Waals surface area contributed by atoms with Crippen LogP contribution in [-0.2, 0) is 0 Å². The average molecular weight is 355 g/mol. The molecular formula is C21H29N3O2. The largest absolute Gasteiger partial charge is 0.491 e. The summed E-state index contributed by atoms with van der Waals surface area (Å²) in [5.74, 6) is 0.880. The summed E-state index contributed by atoms with van der Waals surface area (Å²) >= 11 is 0. The van der Waals surface area contributed by atoms with E-state index in [0.717, 1.165) is 49.1 Å². The van der Waals surface area contributed by atoms with E-state index in [1.807, 2.05) is 36.1 Å². The summed E-state index contributed by atoms with van der Waals surface area (Å²) in [6, 6.07) is 7.95. The molecule has 2 aliphatic carbocycles. The molecule has 1 aromatic carbocycles. The summed E-state index contributed by atoms with van der Waals surface area (Å²) in [4.78, 5) is 15.2. The van der Waals surface area contributed by atoms with E-state index in [9.17, 15) is 4.79 Å². The van der Waals surface area contributed by atoms with Crippen LogP contribution >= 0.6 is 0 Å². The maximum atomic E-state index is 13.2. The third kappa shape index (κ3) is 4.09. The number of amides is 1. The average Bonchev–Trinajstić information content (AvgIpc) is 3.48. The Morgan fingerprint density at radius 3 is 2.58 bits per heavy atom. The van der Waals surface area contributed by atoms with Crippen LogP contribution in [0.1, 0.15) is 62.7 Å². The predicted octanol–water partition coefficient (Wildman–Crippen LogP) is 3.88. The number of carbonyl (C=O) groups excluding carboxylic acids is 1. The van der Waals surface area contributed by atoms with Gasteiger partial charge in [-0.3, -0.25) is 4.79 Å². The molecule has 0 spiro atoms. The third-order valence-electron chi connectivity index (χ3n) is 5.37. The molecule has 26 heavy (non-hydrogen) atoms. The van der Waals surface area contributed by atoms with Crippen molar-refractivity contribution in [2.45, 2.75) is 70.6 Å². The monoisotopic (exact) mass is 355 g/mol. The third-order valence-corrected chi connectivity index (χ3v) is 5.37. The van der Waals surface area contributed by atoms with Crippen molar-refractivity contribution in [2.75, 3.05) is 0 Å². The number of allylic oxidation sites excluding steroid dienone is 1. The minimum Gasteiger partial charge on any atom is -0.491 e. The van der Waals surface area contributed by atoms with Crippen LogP contribution in [0.5, 0.6) is 5.75 Å². The molecule has 1 aromatic rings. The van der Waals surface area contributed by atoms with Gasteiger partial charge in [0.2, 0.25) is 0 Å². The second kappa shape index (κ2) is 7.94. The van der Waals surface area contributed by atoms with Crippen molar-refractivity contribution in [3.8, 4) is 5.75 Å². The Kier molecular flexibility index (Phi) is 5.64. The minimum atomic E-state index is 0.0809. The molecule has 0 heterocycles. The Balaban J connectivity index is 1.74. The number of nitrogens with one attached hydrogen (secondary N) is 1. The fraction of sp³-hybridized carbons (Fsp3) is 0.524. The van der Waals surface area contributed by atoms with Crippen molar-refractivity contribution in [2.24, 2.45) is 5.73 Å². The standard InChI is InChI=1S/C21H29N3O2/c1-3-14(2)26-19-9-4-15(5-10-19)21(25)24(17-6-7-17)18-8-11-20(23)16(12-18)13-22/h4-5,9-10,13-14,17-18,22H,3,6-8,11-12,23H2,1-2H3/t14-,18?/m1/s1. The first-order valence-corrected chi connectivity index (χ1v) is 9.60. The van der Waals surface area contributed by atoms with Gasteiger partial charge < -0.3 is 20.8 Å². The zero-order valence-electron chi connectivity index (χ0n) is 15.7. The molecule has 1 fully saturated rings. The van der Waals surface area contributed by atoms with E-state index in [1.54, 1.807) is 0 Å². The molecule has 0 bridgehead atoms. The number of hydrogen-bond acceptors (Lipinski definition) is 4. The highest BCUT2D eigenvalue weighted by molar-refractivity contribution is 5.95. The van der Waals surface area contributed by atoms with E-state index in [1.165, 1.54) is 6.21 Å². The predicted molar refractivity (Wildman–Crippen MR) is 104 cm³/mol. The minimum absolute atomic E-state index is 0.0809. The summed E-state index contributed by atoms with van der Waals surface area (Å²) in [6.45, 7) is 4.13. The first-order chi connectivity index (χ1) is 12.5. The Morgan fingerprint density at radius 2 is 2.00 bits per heavy atom. The van der Waals surface area contributed by atoms with Crippen molar-refractivity contribution in [3.63, 3.8) is 0 Å². The van der Waals surface area contributed by atoms with Gasteiger partial charge in [-0.05, 0) is 75.3 Å². The number of ether oxygens (including phenoxy) is 1. The van der Waals surface area contributed by atoms with Crippen LogP contribution in [0.4, 0.5) is 0 Å². The summed E-state index contributed by atoms with van der Waals surface area (Å²) < 4.78 is 5.81. The highest BCUT2D eigenvalue weighted by atomic mass is 16.5. The van der Waals surface area contributed by atoms with Crippen LogP contribution in [0, 0.1) is 5.41 Å². The molecule has 140 valence electrons. The molecule has 1 saturated carbocycles. The van der Waals surface area contributed by atoms with Crippen molar-refractivity contribution in [1.82, 2.24) is 4.90 Å². The molecule has 2 atom stereocenters. The van der Waals surface area contributed by atoms with Crippen molar-refractivity contribution < 1.29 is 9.53 Å². The number of nitrogens with zero attached hydrogens (tertiary/aromatic N) is 1. The van der Waals surface area contributed by atoms with Crippen LogP contribution in [0.25, 0.3) is 0 Å². The van der Waals surface area contributed by atoms with E-state index in [4.69, 9.17) is 15.9 Å². The Hall–Kier alpha value is -2.30. The van der Waals surface area contributed by atoms with E-state index in [-0.39, 0.29) is 18.1 Å². The van der Waals surface area contributed by atoms with Crippen molar-refractivity contribution in [3.05, 3.63) is 41.1 Å². The Bertz CT molecular complexity index is 692. The van der Waals surface area contributed by atoms with Gasteiger partial charge in [-0.2, -0.15) is 0 Å². The topological polar surface area (TPSA) is 79.4 Å². The smallest absolute Gasteiger partial charge is 0.254 e. The molecule has 0 saturated heterocycles. The fourth-order valence-electron chi connectivity index (χ4n) is 3.48. The lowest BCUT2D eigenvalue weighted by Gasteiger charge is -2.35.